The quantitative estimate of drug-likeness (QED) is 0.221. The predicted molar refractivity (Wildman–Crippen MR) is 233 cm³/mol. The summed E-state index contributed by atoms with van der Waals surface area (Å²) < 4.78 is 23.5. The second-order valence-electron chi connectivity index (χ2n) is 17.6. The predicted octanol–water partition coefficient (Wildman–Crippen LogP) is 5.79. The molecule has 8 heterocycles. The second kappa shape index (κ2) is 17.1. The van der Waals surface area contributed by atoms with Crippen LogP contribution in [-0.2, 0) is 35.9 Å². The van der Waals surface area contributed by atoms with E-state index in [0.717, 1.165) is 97.3 Å². The summed E-state index contributed by atoms with van der Waals surface area (Å²) in [5.41, 5.74) is 11.7. The highest BCUT2D eigenvalue weighted by Gasteiger charge is 2.40. The largest absolute Gasteiger partial charge is 0.490 e. The maximum Gasteiger partial charge on any atom is 0.256 e. The molecule has 2 saturated heterocycles. The Labute approximate surface area is 363 Å². The van der Waals surface area contributed by atoms with Gasteiger partial charge in [0.2, 0.25) is 0 Å². The lowest BCUT2D eigenvalue weighted by atomic mass is 10.00. The first kappa shape index (κ1) is 42.0. The summed E-state index contributed by atoms with van der Waals surface area (Å²) >= 11 is 0. The smallest absolute Gasteiger partial charge is 0.256 e. The number of likely N-dealkylation sites (N-methyl/N-ethyl adjacent to an activating group) is 2. The standard InChI is InChI=1S/2C24H29N3O4/c2*1-14-15(2)23(25-22-20(11-28)26(3)24(29)21(14)22)27-8-6-18(7-9-27)31-19-5-4-16-12-30-13-17(16)10-19/h2*4-5,10,18,20,28H,6-9,11-13H2,1-3H3/t2*20-/m10/s1. The number of anilines is 2. The van der Waals surface area contributed by atoms with Crippen LogP contribution in [0.25, 0.3) is 0 Å². The molecule has 2 aromatic heterocycles. The fraction of sp³-hybridized carbons (Fsp3) is 0.500. The average molecular weight is 847 g/mol. The van der Waals surface area contributed by atoms with Crippen molar-refractivity contribution in [2.24, 2.45) is 0 Å². The number of nitrogens with zero attached hydrogens (tertiary/aromatic N) is 6. The molecule has 62 heavy (non-hydrogen) atoms. The number of aliphatic hydroxyl groups is 2. The fourth-order valence-electron chi connectivity index (χ4n) is 9.86. The van der Waals surface area contributed by atoms with Gasteiger partial charge in [0.1, 0.15) is 35.3 Å². The highest BCUT2D eigenvalue weighted by atomic mass is 16.5. The van der Waals surface area contributed by atoms with Crippen molar-refractivity contribution in [3.63, 3.8) is 0 Å². The van der Waals surface area contributed by atoms with Crippen molar-refractivity contribution in [1.82, 2.24) is 19.8 Å². The van der Waals surface area contributed by atoms with E-state index in [1.807, 2.05) is 39.8 Å². The van der Waals surface area contributed by atoms with Crippen LogP contribution in [0.3, 0.4) is 0 Å². The number of amides is 2. The Kier molecular flexibility index (Phi) is 11.6. The first-order valence-electron chi connectivity index (χ1n) is 22.0. The van der Waals surface area contributed by atoms with E-state index >= 15 is 0 Å². The Morgan fingerprint density at radius 2 is 0.952 bits per heavy atom. The Hall–Kier alpha value is -5.28. The van der Waals surface area contributed by atoms with Crippen molar-refractivity contribution < 1.29 is 38.7 Å². The van der Waals surface area contributed by atoms with E-state index in [1.54, 1.807) is 23.9 Å². The Morgan fingerprint density at radius 1 is 0.581 bits per heavy atom. The summed E-state index contributed by atoms with van der Waals surface area (Å²) in [6.07, 6.45) is 3.98. The number of carbonyl (C=O) groups excluding carboxylic acids is 2. The lowest BCUT2D eigenvalue weighted by molar-refractivity contribution is 0.0709. The number of benzene rings is 2. The maximum absolute atomic E-state index is 12.7. The molecule has 4 aromatic rings. The molecule has 0 spiro atoms. The number of hydrogen-bond donors (Lipinski definition) is 2. The van der Waals surface area contributed by atoms with E-state index in [1.165, 1.54) is 22.3 Å². The maximum atomic E-state index is 12.7. The third-order valence-corrected chi connectivity index (χ3v) is 14.0. The van der Waals surface area contributed by atoms with Crippen molar-refractivity contribution in [2.75, 3.05) is 63.3 Å². The monoisotopic (exact) mass is 846 g/mol. The van der Waals surface area contributed by atoms with Crippen LogP contribution in [0.4, 0.5) is 11.6 Å². The zero-order valence-corrected chi connectivity index (χ0v) is 36.7. The number of carbonyl (C=O) groups is 2. The summed E-state index contributed by atoms with van der Waals surface area (Å²) in [7, 11) is 3.46. The first-order valence-corrected chi connectivity index (χ1v) is 22.0. The van der Waals surface area contributed by atoms with Crippen molar-refractivity contribution in [3.8, 4) is 11.5 Å². The number of rotatable bonds is 8. The zero-order chi connectivity index (χ0) is 43.4. The molecule has 2 aromatic carbocycles. The van der Waals surface area contributed by atoms with E-state index in [-0.39, 0.29) is 49.3 Å². The molecule has 0 bridgehead atoms. The van der Waals surface area contributed by atoms with Crippen LogP contribution in [0, 0.1) is 27.7 Å². The van der Waals surface area contributed by atoms with Crippen LogP contribution < -0.4 is 19.3 Å². The van der Waals surface area contributed by atoms with Gasteiger partial charge >= 0.3 is 0 Å². The minimum absolute atomic E-state index is 0.0550. The minimum Gasteiger partial charge on any atom is -0.490 e. The summed E-state index contributed by atoms with van der Waals surface area (Å²) in [6.45, 7) is 13.9. The molecule has 0 radical (unpaired) electrons. The van der Waals surface area contributed by atoms with Crippen LogP contribution >= 0.6 is 0 Å². The van der Waals surface area contributed by atoms with Gasteiger partial charge in [0, 0.05) is 66.0 Å². The van der Waals surface area contributed by atoms with Crippen LogP contribution in [0.5, 0.6) is 11.5 Å². The molecule has 0 saturated carbocycles. The number of ether oxygens (including phenoxy) is 4. The van der Waals surface area contributed by atoms with E-state index in [9.17, 15) is 19.8 Å². The van der Waals surface area contributed by atoms with Gasteiger partial charge in [-0.3, -0.25) is 9.59 Å². The molecule has 2 fully saturated rings. The van der Waals surface area contributed by atoms with Gasteiger partial charge < -0.3 is 48.8 Å². The lowest BCUT2D eigenvalue weighted by Crippen LogP contribution is -2.39. The molecule has 10 rings (SSSR count). The van der Waals surface area contributed by atoms with Gasteiger partial charge in [0.15, 0.2) is 0 Å². The number of aliphatic hydroxyl groups excluding tert-OH is 2. The number of hydrogen-bond acceptors (Lipinski definition) is 12. The molecule has 328 valence electrons. The van der Waals surface area contributed by atoms with Gasteiger partial charge in [0.25, 0.3) is 11.8 Å². The molecular weight excluding hydrogens is 789 g/mol. The van der Waals surface area contributed by atoms with Gasteiger partial charge in [-0.15, -0.1) is 0 Å². The van der Waals surface area contributed by atoms with E-state index < -0.39 is 0 Å². The molecule has 0 unspecified atom stereocenters. The Morgan fingerprint density at radius 3 is 1.32 bits per heavy atom. The average Bonchev–Trinajstić information content (AvgIpc) is 4.06. The van der Waals surface area contributed by atoms with Gasteiger partial charge in [-0.05, 0) is 96.5 Å². The highest BCUT2D eigenvalue weighted by molar-refractivity contribution is 6.01. The van der Waals surface area contributed by atoms with Crippen LogP contribution in [0.2, 0.25) is 0 Å². The molecule has 0 aliphatic carbocycles. The lowest BCUT2D eigenvalue weighted by Gasteiger charge is -2.34. The molecule has 2 N–H and O–H groups in total. The van der Waals surface area contributed by atoms with Gasteiger partial charge in [-0.1, -0.05) is 12.1 Å². The third-order valence-electron chi connectivity index (χ3n) is 14.0. The SMILES string of the molecule is Cc1c(N2CCC(Oc3ccc4c(c3)COC4)CC2)nc2c(c1C)C(=O)N(C)[C@@H]2CO.Cc1c(N2CCC(Oc3ccc4c(c3)COC4)CC2)nc2c(c1C)C(=O)N(C)[C@H]2CO. The van der Waals surface area contributed by atoms with Crippen molar-refractivity contribution in [3.05, 3.63) is 103 Å². The zero-order valence-electron chi connectivity index (χ0n) is 36.7. The van der Waals surface area contributed by atoms with E-state index in [2.05, 4.69) is 34.1 Å². The molecule has 14 heteroatoms. The fourth-order valence-corrected chi connectivity index (χ4v) is 9.86. The molecular formula is C48H58N6O8. The van der Waals surface area contributed by atoms with Gasteiger partial charge in [-0.25, -0.2) is 9.97 Å². The molecule has 6 aliphatic rings. The van der Waals surface area contributed by atoms with Crippen LogP contribution in [0.15, 0.2) is 36.4 Å². The molecule has 2 atom stereocenters. The Bertz CT molecular complexity index is 2220. The van der Waals surface area contributed by atoms with Crippen LogP contribution in [0.1, 0.15) is 114 Å². The number of fused-ring (bicyclic) bond motifs is 4. The number of aromatic nitrogens is 2. The summed E-state index contributed by atoms with van der Waals surface area (Å²) in [6, 6.07) is 11.7. The van der Waals surface area contributed by atoms with Gasteiger partial charge in [-0.2, -0.15) is 0 Å². The molecule has 6 aliphatic heterocycles. The van der Waals surface area contributed by atoms with Crippen molar-refractivity contribution in [2.45, 2.75) is 104 Å². The molecule has 14 nitrogen and oxygen atoms in total. The van der Waals surface area contributed by atoms with Crippen molar-refractivity contribution in [1.29, 1.82) is 0 Å². The topological polar surface area (TPSA) is 150 Å². The highest BCUT2D eigenvalue weighted by Crippen LogP contribution is 2.40. The first-order chi connectivity index (χ1) is 29.9. The van der Waals surface area contributed by atoms with E-state index in [0.29, 0.717) is 48.9 Å². The van der Waals surface area contributed by atoms with Gasteiger partial charge in [0.05, 0.1) is 74.2 Å². The van der Waals surface area contributed by atoms with Crippen LogP contribution in [-0.4, -0.2) is 107 Å². The summed E-state index contributed by atoms with van der Waals surface area (Å²) in [4.78, 5) is 42.8. The summed E-state index contributed by atoms with van der Waals surface area (Å²) in [5, 5.41) is 19.6. The number of piperidine rings is 2. The third kappa shape index (κ3) is 7.54. The van der Waals surface area contributed by atoms with Crippen molar-refractivity contribution >= 4 is 23.5 Å². The normalized spacial score (nSPS) is 20.9. The molecule has 2 amide bonds. The number of pyridine rings is 2. The van der Waals surface area contributed by atoms with E-state index in [4.69, 9.17) is 28.9 Å². The Balaban J connectivity index is 0.000000158. The summed E-state index contributed by atoms with van der Waals surface area (Å²) in [5.74, 6) is 3.56. The second-order valence-corrected chi connectivity index (χ2v) is 17.6. The minimum atomic E-state index is -0.370.